The smallest absolute Gasteiger partial charge is 0.244 e. The van der Waals surface area contributed by atoms with Crippen LogP contribution in [0.25, 0.3) is 0 Å². The zero-order valence-electron chi connectivity index (χ0n) is 10.3. The Hall–Kier alpha value is -1.39. The Morgan fingerprint density at radius 3 is 2.53 bits per heavy atom. The maximum Gasteiger partial charge on any atom is 0.244 e. The number of aliphatic hydroxyl groups excluding tert-OH is 1. The van der Waals surface area contributed by atoms with Gasteiger partial charge in [-0.2, -0.15) is 0 Å². The molecule has 4 nitrogen and oxygen atoms in total. The summed E-state index contributed by atoms with van der Waals surface area (Å²) in [5.41, 5.74) is 5.72. The number of amides is 1. The molecule has 0 heterocycles. The Labute approximate surface area is 102 Å². The Morgan fingerprint density at radius 2 is 2.06 bits per heavy atom. The van der Waals surface area contributed by atoms with E-state index in [0.29, 0.717) is 6.42 Å². The van der Waals surface area contributed by atoms with Gasteiger partial charge in [0.1, 0.15) is 5.54 Å². The number of carbonyl (C=O) groups is 1. The lowest BCUT2D eigenvalue weighted by Crippen LogP contribution is -2.52. The third kappa shape index (κ3) is 3.28. The van der Waals surface area contributed by atoms with E-state index in [2.05, 4.69) is 5.32 Å². The van der Waals surface area contributed by atoms with E-state index < -0.39 is 5.54 Å². The van der Waals surface area contributed by atoms with E-state index in [4.69, 9.17) is 10.8 Å². The molecule has 4 heteroatoms. The van der Waals surface area contributed by atoms with Crippen molar-refractivity contribution >= 4 is 5.91 Å². The van der Waals surface area contributed by atoms with Crippen molar-refractivity contribution in [2.75, 3.05) is 6.61 Å². The molecule has 0 aliphatic carbocycles. The molecule has 0 spiro atoms. The first-order valence-electron chi connectivity index (χ1n) is 5.78. The molecule has 4 N–H and O–H groups in total. The van der Waals surface area contributed by atoms with Crippen LogP contribution in [0.3, 0.4) is 0 Å². The molecule has 0 radical (unpaired) electrons. The molecule has 1 amide bonds. The van der Waals surface area contributed by atoms with E-state index in [-0.39, 0.29) is 18.6 Å². The van der Waals surface area contributed by atoms with Crippen LogP contribution in [0.2, 0.25) is 0 Å². The van der Waals surface area contributed by atoms with E-state index in [1.807, 2.05) is 37.3 Å². The van der Waals surface area contributed by atoms with Crippen LogP contribution >= 0.6 is 0 Å². The monoisotopic (exact) mass is 236 g/mol. The average molecular weight is 236 g/mol. The Bertz CT molecular complexity index is 359. The van der Waals surface area contributed by atoms with E-state index in [9.17, 15) is 4.79 Å². The van der Waals surface area contributed by atoms with Crippen molar-refractivity contribution in [2.24, 2.45) is 5.73 Å². The molecule has 2 atom stereocenters. The minimum absolute atomic E-state index is 0.0763. The molecule has 0 aliphatic rings. The van der Waals surface area contributed by atoms with Crippen molar-refractivity contribution in [1.82, 2.24) is 5.32 Å². The molecule has 0 aliphatic heterocycles. The summed E-state index contributed by atoms with van der Waals surface area (Å²) >= 11 is 0. The molecule has 17 heavy (non-hydrogen) atoms. The molecular formula is C13H20N2O2. The quantitative estimate of drug-likeness (QED) is 0.706. The summed E-state index contributed by atoms with van der Waals surface area (Å²) in [5.74, 6) is -0.274. The van der Waals surface area contributed by atoms with Gasteiger partial charge < -0.3 is 16.2 Å². The number of benzene rings is 1. The molecule has 0 aromatic heterocycles. The predicted molar refractivity (Wildman–Crippen MR) is 67.3 cm³/mol. The number of rotatable bonds is 5. The lowest BCUT2D eigenvalue weighted by atomic mass is 9.92. The minimum Gasteiger partial charge on any atom is -0.394 e. The van der Waals surface area contributed by atoms with Crippen molar-refractivity contribution in [3.05, 3.63) is 35.9 Å². The van der Waals surface area contributed by atoms with Gasteiger partial charge in [0.05, 0.1) is 12.6 Å². The molecule has 0 bridgehead atoms. The van der Waals surface area contributed by atoms with Crippen LogP contribution in [0, 0.1) is 0 Å². The largest absolute Gasteiger partial charge is 0.394 e. The molecule has 0 saturated carbocycles. The number of aliphatic hydroxyl groups is 1. The molecular weight excluding hydrogens is 216 g/mol. The SMILES string of the molecule is CC[C@H](CO)NC(=O)C(C)(N)c1ccccc1. The number of carbonyl (C=O) groups excluding carboxylic acids is 1. The first-order chi connectivity index (χ1) is 8.02. The summed E-state index contributed by atoms with van der Waals surface area (Å²) in [4.78, 5) is 12.0. The van der Waals surface area contributed by atoms with Crippen LogP contribution in [-0.4, -0.2) is 23.7 Å². The molecule has 1 aromatic carbocycles. The van der Waals surface area contributed by atoms with Gasteiger partial charge >= 0.3 is 0 Å². The van der Waals surface area contributed by atoms with Gasteiger partial charge in [-0.1, -0.05) is 37.3 Å². The van der Waals surface area contributed by atoms with Crippen molar-refractivity contribution in [2.45, 2.75) is 31.8 Å². The van der Waals surface area contributed by atoms with Crippen LogP contribution < -0.4 is 11.1 Å². The van der Waals surface area contributed by atoms with Crippen molar-refractivity contribution < 1.29 is 9.90 Å². The highest BCUT2D eigenvalue weighted by Crippen LogP contribution is 2.17. The van der Waals surface area contributed by atoms with Crippen molar-refractivity contribution in [3.63, 3.8) is 0 Å². The third-order valence-electron chi connectivity index (χ3n) is 2.89. The van der Waals surface area contributed by atoms with Crippen LogP contribution in [0.5, 0.6) is 0 Å². The average Bonchev–Trinajstić information content (AvgIpc) is 2.36. The lowest BCUT2D eigenvalue weighted by Gasteiger charge is -2.26. The summed E-state index contributed by atoms with van der Waals surface area (Å²) in [6.07, 6.45) is 0.674. The number of hydrogen-bond donors (Lipinski definition) is 3. The topological polar surface area (TPSA) is 75.3 Å². The summed E-state index contributed by atoms with van der Waals surface area (Å²) in [5, 5.41) is 11.8. The second-order valence-corrected chi connectivity index (χ2v) is 4.33. The van der Waals surface area contributed by atoms with E-state index in [0.717, 1.165) is 5.56 Å². The maximum absolute atomic E-state index is 12.0. The van der Waals surface area contributed by atoms with Gasteiger partial charge in [0.15, 0.2) is 0 Å². The number of hydrogen-bond acceptors (Lipinski definition) is 3. The highest BCUT2D eigenvalue weighted by atomic mass is 16.3. The van der Waals surface area contributed by atoms with Gasteiger partial charge in [-0.25, -0.2) is 0 Å². The Kier molecular flexibility index (Phi) is 4.66. The second-order valence-electron chi connectivity index (χ2n) is 4.33. The molecule has 0 fully saturated rings. The van der Waals surface area contributed by atoms with Gasteiger partial charge in [0.25, 0.3) is 0 Å². The molecule has 0 saturated heterocycles. The summed E-state index contributed by atoms with van der Waals surface area (Å²) in [7, 11) is 0. The summed E-state index contributed by atoms with van der Waals surface area (Å²) < 4.78 is 0. The zero-order chi connectivity index (χ0) is 12.9. The lowest BCUT2D eigenvalue weighted by molar-refractivity contribution is -0.127. The highest BCUT2D eigenvalue weighted by Gasteiger charge is 2.31. The second kappa shape index (κ2) is 5.80. The van der Waals surface area contributed by atoms with Crippen LogP contribution in [0.4, 0.5) is 0 Å². The van der Waals surface area contributed by atoms with Crippen LogP contribution in [0.1, 0.15) is 25.8 Å². The van der Waals surface area contributed by atoms with Crippen molar-refractivity contribution in [3.8, 4) is 0 Å². The van der Waals surface area contributed by atoms with Gasteiger partial charge in [-0.15, -0.1) is 0 Å². The normalized spacial score (nSPS) is 16.0. The van der Waals surface area contributed by atoms with E-state index >= 15 is 0 Å². The molecule has 1 rings (SSSR count). The minimum atomic E-state index is -1.08. The summed E-state index contributed by atoms with van der Waals surface area (Å²) in [6, 6.07) is 8.96. The predicted octanol–water partition coefficient (Wildman–Crippen LogP) is 0.748. The molecule has 1 aromatic rings. The van der Waals surface area contributed by atoms with Gasteiger partial charge in [-0.05, 0) is 18.9 Å². The third-order valence-corrected chi connectivity index (χ3v) is 2.89. The number of nitrogens with two attached hydrogens (primary N) is 1. The van der Waals surface area contributed by atoms with Gasteiger partial charge in [0.2, 0.25) is 5.91 Å². The first kappa shape index (κ1) is 13.7. The van der Waals surface area contributed by atoms with Crippen molar-refractivity contribution in [1.29, 1.82) is 0 Å². The Balaban J connectivity index is 2.80. The zero-order valence-corrected chi connectivity index (χ0v) is 10.3. The van der Waals surface area contributed by atoms with E-state index in [1.54, 1.807) is 6.92 Å². The number of nitrogens with one attached hydrogen (secondary N) is 1. The van der Waals surface area contributed by atoms with Crippen LogP contribution in [0.15, 0.2) is 30.3 Å². The first-order valence-corrected chi connectivity index (χ1v) is 5.78. The summed E-state index contributed by atoms with van der Waals surface area (Å²) in [6.45, 7) is 3.49. The van der Waals surface area contributed by atoms with Gasteiger partial charge in [-0.3, -0.25) is 4.79 Å². The molecule has 94 valence electrons. The fourth-order valence-corrected chi connectivity index (χ4v) is 1.53. The maximum atomic E-state index is 12.0. The van der Waals surface area contributed by atoms with Gasteiger partial charge in [0, 0.05) is 0 Å². The molecule has 1 unspecified atom stereocenters. The highest BCUT2D eigenvalue weighted by molar-refractivity contribution is 5.87. The van der Waals surface area contributed by atoms with Crippen LogP contribution in [-0.2, 0) is 10.3 Å². The van der Waals surface area contributed by atoms with E-state index in [1.165, 1.54) is 0 Å². The fourth-order valence-electron chi connectivity index (χ4n) is 1.53. The standard InChI is InChI=1S/C13H20N2O2/c1-3-11(9-16)15-12(17)13(2,14)10-7-5-4-6-8-10/h4-8,11,16H,3,9,14H2,1-2H3,(H,15,17)/t11-,13?/m1/s1. The Morgan fingerprint density at radius 1 is 1.47 bits per heavy atom. The fraction of sp³-hybridized carbons (Fsp3) is 0.462.